The fourth-order valence-electron chi connectivity index (χ4n) is 19.2. The third-order valence-corrected chi connectivity index (χ3v) is 34.9. The lowest BCUT2D eigenvalue weighted by molar-refractivity contribution is -0.150. The van der Waals surface area contributed by atoms with Crippen LogP contribution in [0.25, 0.3) is 66.9 Å². The lowest BCUT2D eigenvalue weighted by atomic mass is 9.85. The first-order chi connectivity index (χ1) is 68.1. The van der Waals surface area contributed by atoms with Gasteiger partial charge in [-0.1, -0.05) is 121 Å². The number of β-amino-alcohol motifs (C(OH)–C–C–N with tert-alkyl or cyclic N) is 1. The average molecular weight is 2050 g/mol. The summed E-state index contributed by atoms with van der Waals surface area (Å²) in [5.74, 6) is -2.61. The Labute approximate surface area is 853 Å². The van der Waals surface area contributed by atoms with E-state index in [2.05, 4.69) is 139 Å². The van der Waals surface area contributed by atoms with Gasteiger partial charge in [0.25, 0.3) is 8.32 Å². The molecular weight excluding hydrogens is 1910 g/mol. The molecule has 0 spiro atoms. The number of nitrogens with zero attached hydrogens (tertiary/aromatic N) is 6. The van der Waals surface area contributed by atoms with Crippen LogP contribution in [-0.4, -0.2) is 215 Å². The van der Waals surface area contributed by atoms with E-state index in [-0.39, 0.29) is 91.6 Å². The number of carbonyl (C=O) groups excluding carboxylic acids is 8. The van der Waals surface area contributed by atoms with Crippen molar-refractivity contribution in [1.82, 2.24) is 61.0 Å². The second-order valence-corrected chi connectivity index (χ2v) is 49.8. The zero-order chi connectivity index (χ0) is 105. The number of phenolic OH excluding ortho intramolecular Hbond substituents is 2. The van der Waals surface area contributed by atoms with Gasteiger partial charge in [0.1, 0.15) is 95.5 Å². The van der Waals surface area contributed by atoms with Gasteiger partial charge in [-0.15, -0.1) is 47.2 Å². The molecule has 6 aromatic heterocycles. The van der Waals surface area contributed by atoms with Crippen LogP contribution < -0.4 is 57.2 Å². The van der Waals surface area contributed by atoms with Crippen molar-refractivity contribution >= 4 is 138 Å². The lowest BCUT2D eigenvalue weighted by Gasteiger charge is -2.42. The maximum Gasteiger partial charge on any atom is 0.408 e. The number of anilines is 3. The van der Waals surface area contributed by atoms with Crippen LogP contribution in [0.1, 0.15) is 202 Å². The summed E-state index contributed by atoms with van der Waals surface area (Å²) < 4.78 is 35.2. The van der Waals surface area contributed by atoms with Crippen molar-refractivity contribution in [3.8, 4) is 57.2 Å². The van der Waals surface area contributed by atoms with Crippen LogP contribution in [0.4, 0.5) is 25.0 Å². The fraction of sp³-hybridized carbons (Fsp3) is 0.509. The summed E-state index contributed by atoms with van der Waals surface area (Å²) in [6, 6.07) is 16.8. The summed E-state index contributed by atoms with van der Waals surface area (Å²) in [7, 11) is -2.07. The van der Waals surface area contributed by atoms with Crippen molar-refractivity contribution in [2.75, 3.05) is 42.3 Å². The lowest BCUT2D eigenvalue weighted by Crippen LogP contribution is -2.59. The predicted molar refractivity (Wildman–Crippen MR) is 567 cm³/mol. The molecule has 3 aromatic carbocycles. The first-order valence-electron chi connectivity index (χ1n) is 49.5. The van der Waals surface area contributed by atoms with Gasteiger partial charge in [0.15, 0.2) is 26.3 Å². The number of aromatic hydroxyl groups is 2. The highest BCUT2D eigenvalue weighted by Crippen LogP contribution is 2.49. The van der Waals surface area contributed by atoms with Crippen LogP contribution in [-0.2, 0) is 47.7 Å². The second-order valence-electron chi connectivity index (χ2n) is 41.8. The number of fused-ring (bicyclic) bond motifs is 3. The molecule has 38 heteroatoms. The highest BCUT2D eigenvalue weighted by molar-refractivity contribution is 7.14. The molecule has 9 aromatic rings. The van der Waals surface area contributed by atoms with Crippen LogP contribution in [0.5, 0.6) is 23.0 Å². The number of alkyl carbamates (subject to hydrolysis) is 2. The Morgan fingerprint density at radius 1 is 0.514 bits per heavy atom. The summed E-state index contributed by atoms with van der Waals surface area (Å²) in [6.07, 6.45) is 10.4. The first kappa shape index (κ1) is 110. The molecule has 2 saturated heterocycles. The number of amides is 6. The third kappa shape index (κ3) is 26.8. The molecule has 10 atom stereocenters. The molecule has 144 heavy (non-hydrogen) atoms. The van der Waals surface area contributed by atoms with Crippen molar-refractivity contribution in [3.63, 3.8) is 0 Å². The van der Waals surface area contributed by atoms with Gasteiger partial charge >= 0.3 is 24.1 Å². The molecule has 6 fully saturated rings. The zero-order valence-corrected chi connectivity index (χ0v) is 89.1. The number of aliphatic hydroxyl groups is 1. The average Bonchev–Trinajstić information content (AvgIpc) is 1.58. The summed E-state index contributed by atoms with van der Waals surface area (Å²) in [5.41, 5.74) is 3.10. The Hall–Kier alpha value is -12.5. The molecule has 8 heterocycles. The Morgan fingerprint density at radius 3 is 1.35 bits per heavy atom. The molecule has 6 aliphatic rings. The molecular formula is C106H141N15O19S3Si. The predicted octanol–water partition coefficient (Wildman–Crippen LogP) is 18.1. The number of hydrogen-bond donors (Lipinski definition) is 12. The molecule has 15 rings (SSSR count). The Morgan fingerprint density at radius 2 is 0.924 bits per heavy atom. The molecule has 4 saturated carbocycles. The molecule has 12 N–H and O–H groups in total. The van der Waals surface area contributed by atoms with Crippen molar-refractivity contribution < 1.29 is 81.8 Å². The summed E-state index contributed by atoms with van der Waals surface area (Å²) in [5, 5.41) is 61.2. The number of carbonyl (C=O) groups is 8. The number of aromatic nitrogens is 6. The van der Waals surface area contributed by atoms with E-state index in [1.165, 1.54) is 68.9 Å². The van der Waals surface area contributed by atoms with Gasteiger partial charge in [-0.2, -0.15) is 0 Å². The highest BCUT2D eigenvalue weighted by atomic mass is 32.1. The zero-order valence-electron chi connectivity index (χ0n) is 85.6. The topological polar surface area (TPSA) is 461 Å². The molecule has 34 nitrogen and oxygen atoms in total. The number of aliphatic hydroxyl groups excluding tert-OH is 1. The van der Waals surface area contributed by atoms with Crippen molar-refractivity contribution in [3.05, 3.63) is 160 Å². The van der Waals surface area contributed by atoms with Crippen LogP contribution in [0.15, 0.2) is 149 Å². The monoisotopic (exact) mass is 2050 g/mol. The fourth-order valence-corrected chi connectivity index (χ4v) is 27.0. The van der Waals surface area contributed by atoms with Gasteiger partial charge in [0, 0.05) is 118 Å². The van der Waals surface area contributed by atoms with Crippen LogP contribution in [0.3, 0.4) is 0 Å². The van der Waals surface area contributed by atoms with Gasteiger partial charge < -0.3 is 100 Å². The number of phenols is 2. The van der Waals surface area contributed by atoms with Crippen LogP contribution >= 0.6 is 34.0 Å². The van der Waals surface area contributed by atoms with Gasteiger partial charge in [-0.3, -0.25) is 28.8 Å². The third-order valence-electron chi connectivity index (χ3n) is 26.5. The summed E-state index contributed by atoms with van der Waals surface area (Å²) >= 11 is 4.47. The Balaban J connectivity index is 0.000000182. The molecule has 0 radical (unpaired) electrons. The van der Waals surface area contributed by atoms with Crippen LogP contribution in [0, 0.1) is 22.7 Å². The maximum absolute atomic E-state index is 14.7. The largest absolute Gasteiger partial charge is 0.543 e. The number of ether oxygens (including phenoxy) is 5. The van der Waals surface area contributed by atoms with Crippen molar-refractivity contribution in [2.45, 2.75) is 296 Å². The highest BCUT2D eigenvalue weighted by Gasteiger charge is 2.64. The van der Waals surface area contributed by atoms with E-state index in [1.54, 1.807) is 74.6 Å². The minimum absolute atomic E-state index is 0.00294. The number of H-pyrrole nitrogens is 2. The smallest absolute Gasteiger partial charge is 0.408 e. The quantitative estimate of drug-likeness (QED) is 0.00771. The van der Waals surface area contributed by atoms with E-state index in [9.17, 15) is 63.3 Å². The number of rotatable bonds is 34. The first-order valence-corrected chi connectivity index (χ1v) is 54.3. The van der Waals surface area contributed by atoms with E-state index < -0.39 is 114 Å². The molecule has 2 aliphatic heterocycles. The number of likely N-dealkylation sites (tertiary alicyclic amines) is 2. The van der Waals surface area contributed by atoms with E-state index in [1.807, 2.05) is 82.8 Å². The van der Waals surface area contributed by atoms with E-state index in [4.69, 9.17) is 38.1 Å². The summed E-state index contributed by atoms with van der Waals surface area (Å²) in [4.78, 5) is 160. The molecule has 6 amide bonds. The standard InChI is InChI=1S/C41H52N6O8S.C26H39N3O7.C24H35N3O2SSi.C15H15N3O2S/c1-8-16-53-37(51)41(20-24(41)9-2)46-35(49)32-18-27(21-47(32)36(50)34(40(5,6)7)45-39(52)55-26-12-10-11-13-26)54-33-19-30(31-22-56-38(44-31)42-23(3)4)43-29-17-25(48)14-15-28(29)33;1-6-12-35-23(33)26(14-16(26)7-2)28-21(31)19-13-17(30)15-29(19)22(32)20(25(3,4)5)27-24(34)36-18-10-8-9-11-18;1-14(2)25-24-27-22(13-30-24)21-12-23(28)19-10-9-18(11-20(19)26-21)29-31(15(3)4,16(5)6)17(7)8;1-8(2)16-15-18-13(7-21-15)12-6-14(20)10-4-3-9(19)5-11(10)17-12/h8-9,14-15,17,19,22-24,26-27,32,34,48H,1-2,10-13,16,18,20-21H2,3-7H3,(H,42,44)(H,45,52)(H,46,49);6-7,16-20,30H,1-2,8-15H2,3-5H3,(H,27,34)(H,28,31);9-17H,1-8H3,(H,25,27)(H,26,28);3-8,19H,1-2H3,(H,16,18)(H,17,20)/t24-,27-,32+,34-,41-;16-,17+,19+,20-,26-;;/m11../s1. The number of thiazole rings is 3. The number of nitrogens with one attached hydrogen (secondary N) is 9. The van der Waals surface area contributed by atoms with E-state index in [0.717, 1.165) is 89.4 Å². The van der Waals surface area contributed by atoms with Gasteiger partial charge in [-0.05, 0) is 170 Å². The molecule has 0 unspecified atom stereocenters. The number of benzene rings is 3. The number of aromatic amines is 2. The normalized spacial score (nSPS) is 20.3. The summed E-state index contributed by atoms with van der Waals surface area (Å²) in [6.45, 7) is 51.4. The van der Waals surface area contributed by atoms with Gasteiger partial charge in [0.05, 0.1) is 57.7 Å². The minimum atomic E-state index is -2.07. The Kier molecular flexibility index (Phi) is 36.1. The molecule has 776 valence electrons. The molecule has 0 bridgehead atoms. The number of pyridine rings is 3. The SMILES string of the molecule is C=CCOC(=O)[C@@]1(NC(=O)[C@@H]2C[C@@H](Oc3cc(-c4csc(NC(C)C)n4)nc4cc(O)ccc34)CN2C(=O)[C@@H](NC(=O)OC2CCCC2)C(C)(C)C)C[C@H]1C=C.C=CCOC(=O)[C@@]1(NC(=O)[C@@H]2C[C@H](O)CN2C(=O)[C@@H](NC(=O)OC2CCCC2)C(C)(C)C)C[C@H]1C=C.CC(C)Nc1nc(-c2cc(=O)c3ccc(O)cc3[nH]2)cs1.CC(C)Nc1nc(-c2cc(=O)c3ccc(O[Si](C(C)C)(C(C)C)C(C)C)cc3[nH]2)cs1. The van der Waals surface area contributed by atoms with Gasteiger partial charge in [-0.25, -0.2) is 39.1 Å². The molecule has 4 aliphatic carbocycles. The van der Waals surface area contributed by atoms with E-state index >= 15 is 0 Å². The second kappa shape index (κ2) is 47.1. The van der Waals surface area contributed by atoms with E-state index in [0.29, 0.717) is 97.3 Å². The Bertz CT molecular complexity index is 6260. The van der Waals surface area contributed by atoms with Crippen molar-refractivity contribution in [2.24, 2.45) is 22.7 Å². The van der Waals surface area contributed by atoms with Crippen molar-refractivity contribution in [1.29, 1.82) is 0 Å². The maximum atomic E-state index is 14.7. The van der Waals surface area contributed by atoms with Crippen LogP contribution in [0.2, 0.25) is 16.6 Å². The minimum Gasteiger partial charge on any atom is -0.543 e. The number of hydrogen-bond acceptors (Lipinski definition) is 29. The van der Waals surface area contributed by atoms with Gasteiger partial charge in [0.2, 0.25) is 23.6 Å². The number of esters is 2.